The van der Waals surface area contributed by atoms with E-state index in [1.807, 2.05) is 0 Å². The third-order valence-corrected chi connectivity index (χ3v) is 1.02. The van der Waals surface area contributed by atoms with Gasteiger partial charge in [-0.05, 0) is 0 Å². The molecule has 7 heteroatoms. The van der Waals surface area contributed by atoms with Crippen molar-refractivity contribution < 1.29 is 21.9 Å². The first-order chi connectivity index (χ1) is 3.92. The van der Waals surface area contributed by atoms with Crippen LogP contribution in [0.2, 0.25) is 0 Å². The molecule has 0 N–H and O–H groups in total. The Bertz CT molecular complexity index is 165. The highest BCUT2D eigenvalue weighted by Gasteiger charge is 2.09. The first-order valence-corrected chi connectivity index (χ1v) is 4.22. The van der Waals surface area contributed by atoms with Crippen molar-refractivity contribution in [1.82, 2.24) is 0 Å². The third-order valence-electron chi connectivity index (χ3n) is 0.335. The Kier molecular flexibility index (Phi) is 3.31. The summed E-state index contributed by atoms with van der Waals surface area (Å²) in [6, 6.07) is 0. The summed E-state index contributed by atoms with van der Waals surface area (Å²) in [6.45, 7) is -3.10. The second-order valence-electron chi connectivity index (χ2n) is 1.08. The predicted molar refractivity (Wildman–Crippen MR) is 26.7 cm³/mol. The van der Waals surface area contributed by atoms with E-state index in [4.69, 9.17) is 0 Å². The van der Waals surface area contributed by atoms with Crippen LogP contribution in [0.15, 0.2) is 0 Å². The highest BCUT2D eigenvalue weighted by atomic mass is 35.7. The molecule has 0 unspecified atom stereocenters. The van der Waals surface area contributed by atoms with Gasteiger partial charge in [0.25, 0.3) is 9.05 Å². The second-order valence-corrected chi connectivity index (χ2v) is 3.81. The zero-order valence-electron chi connectivity index (χ0n) is 4.05. The van der Waals surface area contributed by atoms with Crippen LogP contribution in [0.1, 0.15) is 0 Å². The summed E-state index contributed by atoms with van der Waals surface area (Å²) < 4.78 is 45.1. The van der Waals surface area contributed by atoms with E-state index >= 15 is 0 Å². The van der Waals surface area contributed by atoms with Crippen LogP contribution in [0.25, 0.3) is 0 Å². The minimum Gasteiger partial charge on any atom is -0.305 e. The third kappa shape index (κ3) is 8.06. The van der Waals surface area contributed by atoms with Crippen LogP contribution in [0, 0.1) is 0 Å². The van der Waals surface area contributed by atoms with Gasteiger partial charge in [-0.2, -0.15) is 8.78 Å². The Hall–Kier alpha value is 0.0600. The SMILES string of the molecule is O=S(=O)(Cl)COC(F)F. The molecule has 0 saturated carbocycles. The molecule has 0 aliphatic rings. The van der Waals surface area contributed by atoms with E-state index in [0.717, 1.165) is 0 Å². The summed E-state index contributed by atoms with van der Waals surface area (Å²) in [4.78, 5) is 0. The molecule has 0 amide bonds. The van der Waals surface area contributed by atoms with Crippen molar-refractivity contribution >= 4 is 19.7 Å². The van der Waals surface area contributed by atoms with Gasteiger partial charge in [0.2, 0.25) is 0 Å². The Balaban J connectivity index is 3.53. The van der Waals surface area contributed by atoms with Crippen LogP contribution >= 0.6 is 10.7 Å². The molecule has 9 heavy (non-hydrogen) atoms. The van der Waals surface area contributed by atoms with Crippen molar-refractivity contribution in [3.63, 3.8) is 0 Å². The van der Waals surface area contributed by atoms with Gasteiger partial charge in [0, 0.05) is 10.7 Å². The van der Waals surface area contributed by atoms with Crippen LogP contribution < -0.4 is 0 Å². The van der Waals surface area contributed by atoms with Crippen LogP contribution in [0.3, 0.4) is 0 Å². The van der Waals surface area contributed by atoms with Gasteiger partial charge < -0.3 is 4.74 Å². The molecule has 0 heterocycles. The maximum Gasteiger partial charge on any atom is 0.346 e. The van der Waals surface area contributed by atoms with E-state index in [1.165, 1.54) is 0 Å². The van der Waals surface area contributed by atoms with E-state index in [1.54, 1.807) is 0 Å². The highest BCUT2D eigenvalue weighted by molar-refractivity contribution is 8.13. The van der Waals surface area contributed by atoms with Crippen LogP contribution in [-0.2, 0) is 13.8 Å². The maximum absolute atomic E-state index is 11.0. The first kappa shape index (κ1) is 9.06. The molecule has 0 aromatic heterocycles. The summed E-state index contributed by atoms with van der Waals surface area (Å²) in [7, 11) is 0.542. The van der Waals surface area contributed by atoms with Gasteiger partial charge in [-0.3, -0.25) is 0 Å². The number of ether oxygens (including phenoxy) is 1. The van der Waals surface area contributed by atoms with Crippen molar-refractivity contribution in [1.29, 1.82) is 0 Å². The lowest BCUT2D eigenvalue weighted by Crippen LogP contribution is -2.06. The number of alkyl halides is 2. The van der Waals surface area contributed by atoms with E-state index in [0.29, 0.717) is 0 Å². The minimum absolute atomic E-state index is 1.16. The monoisotopic (exact) mass is 180 g/mol. The van der Waals surface area contributed by atoms with Crippen molar-refractivity contribution in [2.45, 2.75) is 6.61 Å². The average molecular weight is 181 g/mol. The maximum atomic E-state index is 11.0. The molecular weight excluding hydrogens is 178 g/mol. The lowest BCUT2D eigenvalue weighted by molar-refractivity contribution is -0.112. The summed E-state index contributed by atoms with van der Waals surface area (Å²) in [5, 5.41) is 0. The summed E-state index contributed by atoms with van der Waals surface area (Å²) in [5.74, 6) is -1.16. The molecule has 0 atom stereocenters. The molecule has 0 aliphatic heterocycles. The lowest BCUT2D eigenvalue weighted by Gasteiger charge is -1.96. The Morgan fingerprint density at radius 3 is 2.11 bits per heavy atom. The van der Waals surface area contributed by atoms with Crippen molar-refractivity contribution in [3.8, 4) is 0 Å². The molecule has 0 bridgehead atoms. The smallest absolute Gasteiger partial charge is 0.305 e. The Labute approximate surface area is 55.0 Å². The van der Waals surface area contributed by atoms with Crippen LogP contribution in [-0.4, -0.2) is 21.0 Å². The van der Waals surface area contributed by atoms with Gasteiger partial charge in [0.15, 0.2) is 5.94 Å². The molecule has 0 aliphatic carbocycles. The highest BCUT2D eigenvalue weighted by Crippen LogP contribution is 2.01. The van der Waals surface area contributed by atoms with Crippen molar-refractivity contribution in [2.24, 2.45) is 0 Å². The molecular formula is C2H3ClF2O3S. The molecule has 0 aromatic rings. The Morgan fingerprint density at radius 1 is 1.56 bits per heavy atom. The quantitative estimate of drug-likeness (QED) is 0.602. The van der Waals surface area contributed by atoms with Crippen LogP contribution in [0.5, 0.6) is 0 Å². The Morgan fingerprint density at radius 2 is 2.00 bits per heavy atom. The van der Waals surface area contributed by atoms with E-state index < -0.39 is 21.6 Å². The summed E-state index contributed by atoms with van der Waals surface area (Å²) in [5.41, 5.74) is 0. The van der Waals surface area contributed by atoms with Gasteiger partial charge in [0.1, 0.15) is 0 Å². The van der Waals surface area contributed by atoms with Crippen molar-refractivity contribution in [2.75, 3.05) is 5.94 Å². The molecule has 56 valence electrons. The van der Waals surface area contributed by atoms with E-state index in [-0.39, 0.29) is 0 Å². The normalized spacial score (nSPS) is 12.4. The molecule has 3 nitrogen and oxygen atoms in total. The zero-order chi connectivity index (χ0) is 7.49. The molecule has 0 aromatic carbocycles. The van der Waals surface area contributed by atoms with Gasteiger partial charge in [-0.15, -0.1) is 0 Å². The topological polar surface area (TPSA) is 43.4 Å². The van der Waals surface area contributed by atoms with Crippen LogP contribution in [0.4, 0.5) is 8.78 Å². The summed E-state index contributed by atoms with van der Waals surface area (Å²) in [6.07, 6.45) is 0. The van der Waals surface area contributed by atoms with E-state index in [9.17, 15) is 17.2 Å². The zero-order valence-corrected chi connectivity index (χ0v) is 5.62. The fourth-order valence-corrected chi connectivity index (χ4v) is 0.552. The van der Waals surface area contributed by atoms with Gasteiger partial charge in [0.05, 0.1) is 0 Å². The molecule has 0 radical (unpaired) electrons. The number of hydrogen-bond donors (Lipinski definition) is 0. The van der Waals surface area contributed by atoms with E-state index in [2.05, 4.69) is 15.4 Å². The lowest BCUT2D eigenvalue weighted by atomic mass is 11.4. The fraction of sp³-hybridized carbons (Fsp3) is 1.00. The molecule has 0 saturated heterocycles. The predicted octanol–water partition coefficient (Wildman–Crippen LogP) is 0.752. The molecule has 0 spiro atoms. The second kappa shape index (κ2) is 3.28. The fourth-order valence-electron chi connectivity index (χ4n) is 0.133. The summed E-state index contributed by atoms with van der Waals surface area (Å²) >= 11 is 0. The standard InChI is InChI=1S/C2H3ClF2O3S/c3-9(6,7)1-8-2(4)5/h2H,1H2. The first-order valence-electron chi connectivity index (χ1n) is 1.74. The number of hydrogen-bond acceptors (Lipinski definition) is 3. The van der Waals surface area contributed by atoms with Gasteiger partial charge >= 0.3 is 6.61 Å². The largest absolute Gasteiger partial charge is 0.346 e. The van der Waals surface area contributed by atoms with Gasteiger partial charge in [-0.25, -0.2) is 8.42 Å². The molecule has 0 fully saturated rings. The van der Waals surface area contributed by atoms with Crippen molar-refractivity contribution in [3.05, 3.63) is 0 Å². The van der Waals surface area contributed by atoms with Gasteiger partial charge in [-0.1, -0.05) is 0 Å². The number of rotatable bonds is 3. The minimum atomic E-state index is -3.95. The number of halogens is 3. The average Bonchev–Trinajstić information content (AvgIpc) is 1.59. The molecule has 0 rings (SSSR count).